The number of morpholine rings is 1. The SMILES string of the molecule is CCN1CCOC(CS(=O)c2ccc(C(=O)O)o2)C1. The van der Waals surface area contributed by atoms with Gasteiger partial charge in [-0.3, -0.25) is 9.11 Å². The van der Waals surface area contributed by atoms with E-state index >= 15 is 0 Å². The van der Waals surface area contributed by atoms with Gasteiger partial charge in [0.15, 0.2) is 5.09 Å². The number of aromatic carboxylic acids is 1. The van der Waals surface area contributed by atoms with E-state index in [2.05, 4.69) is 11.8 Å². The van der Waals surface area contributed by atoms with E-state index < -0.39 is 16.8 Å². The molecule has 2 unspecified atom stereocenters. The Morgan fingerprint density at radius 1 is 1.58 bits per heavy atom. The molecule has 2 atom stereocenters. The first kappa shape index (κ1) is 14.2. The Morgan fingerprint density at radius 2 is 2.37 bits per heavy atom. The molecule has 6 nitrogen and oxygen atoms in total. The minimum atomic E-state index is -1.38. The molecule has 1 N–H and O–H groups in total. The molecule has 0 spiro atoms. The second-order valence-corrected chi connectivity index (χ2v) is 5.75. The van der Waals surface area contributed by atoms with Crippen LogP contribution in [-0.4, -0.2) is 58.3 Å². The van der Waals surface area contributed by atoms with Crippen LogP contribution in [0.25, 0.3) is 0 Å². The lowest BCUT2D eigenvalue weighted by atomic mass is 10.3. The van der Waals surface area contributed by atoms with E-state index in [1.165, 1.54) is 12.1 Å². The molecule has 106 valence electrons. The fourth-order valence-corrected chi connectivity index (χ4v) is 3.08. The van der Waals surface area contributed by atoms with Crippen molar-refractivity contribution < 1.29 is 23.3 Å². The van der Waals surface area contributed by atoms with Crippen LogP contribution in [0.15, 0.2) is 21.6 Å². The standard InChI is InChI=1S/C12H17NO5S/c1-2-13-5-6-17-9(7-13)8-19(16)11-4-3-10(18-11)12(14)15/h3-4,9H,2,5-8H2,1H3,(H,14,15). The molecular weight excluding hydrogens is 270 g/mol. The molecule has 0 aliphatic carbocycles. The number of carbonyl (C=O) groups is 1. The molecule has 19 heavy (non-hydrogen) atoms. The van der Waals surface area contributed by atoms with E-state index in [1.807, 2.05) is 0 Å². The Morgan fingerprint density at radius 3 is 3.00 bits per heavy atom. The Hall–Kier alpha value is -1.18. The maximum Gasteiger partial charge on any atom is 0.371 e. The zero-order valence-corrected chi connectivity index (χ0v) is 11.5. The van der Waals surface area contributed by atoms with Gasteiger partial charge in [-0.2, -0.15) is 0 Å². The van der Waals surface area contributed by atoms with E-state index in [-0.39, 0.29) is 17.0 Å². The Balaban J connectivity index is 1.94. The zero-order chi connectivity index (χ0) is 13.8. The summed E-state index contributed by atoms with van der Waals surface area (Å²) in [6.07, 6.45) is -0.104. The summed E-state index contributed by atoms with van der Waals surface area (Å²) in [7, 11) is -1.38. The number of rotatable bonds is 5. The van der Waals surface area contributed by atoms with Crippen LogP contribution >= 0.6 is 0 Å². The average Bonchev–Trinajstić information content (AvgIpc) is 2.89. The first-order valence-corrected chi connectivity index (χ1v) is 7.47. The van der Waals surface area contributed by atoms with Crippen molar-refractivity contribution in [2.75, 3.05) is 32.0 Å². The zero-order valence-electron chi connectivity index (χ0n) is 10.7. The van der Waals surface area contributed by atoms with E-state index in [4.69, 9.17) is 14.3 Å². The molecule has 1 aromatic rings. The molecule has 1 fully saturated rings. The summed E-state index contributed by atoms with van der Waals surface area (Å²) < 4.78 is 22.7. The molecule has 1 aromatic heterocycles. The normalized spacial score (nSPS) is 22.3. The van der Waals surface area contributed by atoms with Crippen molar-refractivity contribution in [2.24, 2.45) is 0 Å². The van der Waals surface area contributed by atoms with Gasteiger partial charge >= 0.3 is 5.97 Å². The van der Waals surface area contributed by atoms with Gasteiger partial charge in [0.1, 0.15) is 0 Å². The van der Waals surface area contributed by atoms with Crippen molar-refractivity contribution in [3.8, 4) is 0 Å². The number of carboxylic acids is 1. The van der Waals surface area contributed by atoms with Gasteiger partial charge in [-0.05, 0) is 18.7 Å². The summed E-state index contributed by atoms with van der Waals surface area (Å²) in [5, 5.41) is 8.93. The lowest BCUT2D eigenvalue weighted by Gasteiger charge is -2.31. The first-order chi connectivity index (χ1) is 9.10. The summed E-state index contributed by atoms with van der Waals surface area (Å²) in [5.74, 6) is -1.03. The molecule has 7 heteroatoms. The van der Waals surface area contributed by atoms with E-state index in [1.54, 1.807) is 0 Å². The Kier molecular flexibility index (Phi) is 4.73. The third kappa shape index (κ3) is 3.65. The van der Waals surface area contributed by atoms with Crippen molar-refractivity contribution in [1.82, 2.24) is 4.90 Å². The van der Waals surface area contributed by atoms with Crippen molar-refractivity contribution in [2.45, 2.75) is 18.1 Å². The van der Waals surface area contributed by atoms with Crippen molar-refractivity contribution in [1.29, 1.82) is 0 Å². The average molecular weight is 287 g/mol. The summed E-state index contributed by atoms with van der Waals surface area (Å²) in [6, 6.07) is 2.76. The molecule has 0 saturated carbocycles. The second kappa shape index (κ2) is 6.31. The number of hydrogen-bond donors (Lipinski definition) is 1. The lowest BCUT2D eigenvalue weighted by Crippen LogP contribution is -2.44. The van der Waals surface area contributed by atoms with Crippen molar-refractivity contribution in [3.63, 3.8) is 0 Å². The van der Waals surface area contributed by atoms with E-state index in [9.17, 15) is 9.00 Å². The van der Waals surface area contributed by atoms with E-state index in [0.29, 0.717) is 12.4 Å². The minimum absolute atomic E-state index is 0.104. The monoisotopic (exact) mass is 287 g/mol. The van der Waals surface area contributed by atoms with Crippen LogP contribution in [0.5, 0.6) is 0 Å². The van der Waals surface area contributed by atoms with Gasteiger partial charge < -0.3 is 14.3 Å². The predicted octanol–water partition coefficient (Wildman–Crippen LogP) is 0.806. The highest BCUT2D eigenvalue weighted by molar-refractivity contribution is 7.84. The quantitative estimate of drug-likeness (QED) is 0.863. The highest BCUT2D eigenvalue weighted by Crippen LogP contribution is 2.15. The van der Waals surface area contributed by atoms with Crippen LogP contribution in [0.4, 0.5) is 0 Å². The molecule has 2 heterocycles. The smallest absolute Gasteiger partial charge is 0.371 e. The highest BCUT2D eigenvalue weighted by Gasteiger charge is 2.23. The molecule has 1 aliphatic rings. The van der Waals surface area contributed by atoms with Crippen LogP contribution in [0.3, 0.4) is 0 Å². The summed E-state index contributed by atoms with van der Waals surface area (Å²) in [5.41, 5.74) is 0. The number of furan rings is 1. The molecular formula is C12H17NO5S. The summed E-state index contributed by atoms with van der Waals surface area (Å²) in [6.45, 7) is 5.29. The topological polar surface area (TPSA) is 80.0 Å². The van der Waals surface area contributed by atoms with Crippen LogP contribution in [0.1, 0.15) is 17.5 Å². The van der Waals surface area contributed by atoms with Gasteiger partial charge in [-0.25, -0.2) is 4.79 Å². The lowest BCUT2D eigenvalue weighted by molar-refractivity contribution is -0.0142. The number of hydrogen-bond acceptors (Lipinski definition) is 5. The minimum Gasteiger partial charge on any atom is -0.475 e. The maximum absolute atomic E-state index is 12.1. The number of nitrogens with zero attached hydrogens (tertiary/aromatic N) is 1. The molecule has 1 aliphatic heterocycles. The van der Waals surface area contributed by atoms with Crippen LogP contribution in [-0.2, 0) is 15.5 Å². The second-order valence-electron chi connectivity index (χ2n) is 4.32. The van der Waals surface area contributed by atoms with Gasteiger partial charge in [0, 0.05) is 13.1 Å². The molecule has 0 amide bonds. The van der Waals surface area contributed by atoms with Crippen LogP contribution in [0.2, 0.25) is 0 Å². The van der Waals surface area contributed by atoms with Gasteiger partial charge in [0.25, 0.3) is 0 Å². The molecule has 0 bridgehead atoms. The van der Waals surface area contributed by atoms with Gasteiger partial charge in [-0.1, -0.05) is 6.92 Å². The van der Waals surface area contributed by atoms with Crippen LogP contribution < -0.4 is 0 Å². The predicted molar refractivity (Wildman–Crippen MR) is 68.8 cm³/mol. The number of carboxylic acid groups (broad SMARTS) is 1. The fraction of sp³-hybridized carbons (Fsp3) is 0.583. The number of ether oxygens (including phenoxy) is 1. The largest absolute Gasteiger partial charge is 0.475 e. The summed E-state index contributed by atoms with van der Waals surface area (Å²) >= 11 is 0. The third-order valence-corrected chi connectivity index (χ3v) is 4.37. The Bertz CT molecular complexity index is 472. The maximum atomic E-state index is 12.1. The Labute approximate surface area is 113 Å². The number of likely N-dealkylation sites (N-methyl/N-ethyl adjacent to an activating group) is 1. The van der Waals surface area contributed by atoms with E-state index in [0.717, 1.165) is 19.6 Å². The van der Waals surface area contributed by atoms with Gasteiger partial charge in [-0.15, -0.1) is 0 Å². The molecule has 0 radical (unpaired) electrons. The molecule has 1 saturated heterocycles. The first-order valence-electron chi connectivity index (χ1n) is 6.15. The van der Waals surface area contributed by atoms with Gasteiger partial charge in [0.2, 0.25) is 5.76 Å². The fourth-order valence-electron chi connectivity index (χ4n) is 1.98. The third-order valence-electron chi connectivity index (χ3n) is 3.02. The van der Waals surface area contributed by atoms with Crippen molar-refractivity contribution >= 4 is 16.8 Å². The molecule has 2 rings (SSSR count). The van der Waals surface area contributed by atoms with Crippen molar-refractivity contribution in [3.05, 3.63) is 17.9 Å². The molecule has 0 aromatic carbocycles. The highest BCUT2D eigenvalue weighted by atomic mass is 32.2. The van der Waals surface area contributed by atoms with Gasteiger partial charge in [0.05, 0.1) is 29.3 Å². The summed E-state index contributed by atoms with van der Waals surface area (Å²) in [4.78, 5) is 12.9. The van der Waals surface area contributed by atoms with Crippen LogP contribution in [0, 0.1) is 0 Å².